The molecule has 0 nitrogen and oxygen atoms in total. The Morgan fingerprint density at radius 2 is 1.10 bits per heavy atom. The van der Waals surface area contributed by atoms with Crippen LogP contribution in [0.2, 0.25) is 65.0 Å². The Bertz CT molecular complexity index is 294. The van der Waals surface area contributed by atoms with Crippen LogP contribution in [-0.4, -0.2) is 29.4 Å². The van der Waals surface area contributed by atoms with Crippen molar-refractivity contribution in [3.05, 3.63) is 0 Å². The molecule has 1 saturated carbocycles. The summed E-state index contributed by atoms with van der Waals surface area (Å²) in [6.07, 6.45) is 4.58. The molecule has 0 N–H and O–H groups in total. The van der Waals surface area contributed by atoms with Gasteiger partial charge in [-0.05, 0) is 11.8 Å². The normalized spacial score (nSPS) is 26.1. The van der Waals surface area contributed by atoms with Crippen molar-refractivity contribution in [3.63, 3.8) is 0 Å². The zero-order valence-corrected chi connectivity index (χ0v) is 20.0. The minimum Gasteiger partial charge on any atom is -0.0718 e. The fourth-order valence-electron chi connectivity index (χ4n) is 6.21. The molecule has 0 radical (unpaired) electrons. The molecule has 0 aromatic rings. The summed E-state index contributed by atoms with van der Waals surface area (Å²) in [5.74, 6) is 2.11. The molecule has 0 saturated heterocycles. The first-order valence-corrected chi connectivity index (χ1v) is 24.4. The maximum Gasteiger partial charge on any atom is 0.0376 e. The average molecular weight is 345 g/mol. The zero-order valence-electron chi connectivity index (χ0n) is 16.0. The van der Waals surface area contributed by atoms with Crippen LogP contribution in [0.3, 0.4) is 0 Å². The average Bonchev–Trinajstić information content (AvgIpc) is 2.54. The highest BCUT2D eigenvalue weighted by Crippen LogP contribution is 2.46. The van der Waals surface area contributed by atoms with Gasteiger partial charge in [-0.2, -0.15) is 0 Å². The highest BCUT2D eigenvalue weighted by molar-refractivity contribution is 7.89. The maximum absolute atomic E-state index is 2.75. The minimum absolute atomic E-state index is 1.02. The zero-order chi connectivity index (χ0) is 16.0. The first-order valence-electron chi connectivity index (χ1n) is 8.74. The van der Waals surface area contributed by atoms with E-state index < -0.39 is 29.4 Å². The van der Waals surface area contributed by atoms with Crippen molar-refractivity contribution in [1.82, 2.24) is 0 Å². The topological polar surface area (TPSA) is 0 Å². The SMILES string of the molecule is C[C@@H]1CCC[C@@H]1C[Si]([Si](C)(C)C)([Si](C)(C)C)[Si](C)(C)C. The molecule has 0 aliphatic heterocycles. The number of hydrogen-bond donors (Lipinski definition) is 0. The largest absolute Gasteiger partial charge is 0.0718 e. The van der Waals surface area contributed by atoms with E-state index in [9.17, 15) is 0 Å². The second-order valence-corrected chi connectivity index (χ2v) is 51.9. The summed E-state index contributed by atoms with van der Waals surface area (Å²) in [5.41, 5.74) is 0. The summed E-state index contributed by atoms with van der Waals surface area (Å²) in [4.78, 5) is 0. The van der Waals surface area contributed by atoms with Crippen LogP contribution in [0.4, 0.5) is 0 Å². The van der Waals surface area contributed by atoms with E-state index in [1.165, 1.54) is 12.8 Å². The predicted octanol–water partition coefficient (Wildman–Crippen LogP) is 6.12. The molecule has 0 amide bonds. The van der Waals surface area contributed by atoms with E-state index >= 15 is 0 Å². The highest BCUT2D eigenvalue weighted by atomic mass is 29.9. The van der Waals surface area contributed by atoms with Crippen LogP contribution < -0.4 is 0 Å². The summed E-state index contributed by atoms with van der Waals surface area (Å²) in [7, 11) is -3.13. The van der Waals surface area contributed by atoms with Crippen molar-refractivity contribution < 1.29 is 0 Å². The van der Waals surface area contributed by atoms with Gasteiger partial charge in [-0.3, -0.25) is 0 Å². The van der Waals surface area contributed by atoms with E-state index in [0.717, 1.165) is 11.8 Å². The molecule has 0 aromatic carbocycles. The lowest BCUT2D eigenvalue weighted by Crippen LogP contribution is -2.83. The van der Waals surface area contributed by atoms with E-state index in [1.807, 2.05) is 0 Å². The van der Waals surface area contributed by atoms with Gasteiger partial charge in [0.15, 0.2) is 0 Å². The van der Waals surface area contributed by atoms with Gasteiger partial charge in [-0.15, -0.1) is 0 Å². The first kappa shape index (κ1) is 18.9. The summed E-state index contributed by atoms with van der Waals surface area (Å²) < 4.78 is 0. The second-order valence-electron chi connectivity index (χ2n) is 10.5. The fraction of sp³-hybridized carbons (Fsp3) is 1.00. The van der Waals surface area contributed by atoms with E-state index in [4.69, 9.17) is 0 Å². The van der Waals surface area contributed by atoms with Crippen molar-refractivity contribution in [2.45, 2.75) is 91.2 Å². The Hall–Kier alpha value is 0.868. The minimum atomic E-state index is -1.09. The van der Waals surface area contributed by atoms with Crippen LogP contribution >= 0.6 is 0 Å². The molecule has 2 atom stereocenters. The van der Waals surface area contributed by atoms with Crippen molar-refractivity contribution >= 4 is 29.4 Å². The molecule has 0 heterocycles. The molecule has 4 heteroatoms. The van der Waals surface area contributed by atoms with Gasteiger partial charge < -0.3 is 0 Å². The van der Waals surface area contributed by atoms with Crippen molar-refractivity contribution in [2.75, 3.05) is 0 Å². The van der Waals surface area contributed by atoms with Crippen LogP contribution in [0.5, 0.6) is 0 Å². The molecular weight excluding hydrogens is 305 g/mol. The van der Waals surface area contributed by atoms with Gasteiger partial charge in [-0.1, -0.05) is 91.2 Å². The first-order chi connectivity index (χ1) is 8.74. The van der Waals surface area contributed by atoms with Gasteiger partial charge in [0.1, 0.15) is 0 Å². The van der Waals surface area contributed by atoms with E-state index in [-0.39, 0.29) is 0 Å². The van der Waals surface area contributed by atoms with Gasteiger partial charge in [0, 0.05) is 29.4 Å². The fourth-order valence-corrected chi connectivity index (χ4v) is 105. The lowest BCUT2D eigenvalue weighted by Gasteiger charge is -2.59. The Morgan fingerprint density at radius 1 is 0.700 bits per heavy atom. The van der Waals surface area contributed by atoms with E-state index in [0.29, 0.717) is 0 Å². The van der Waals surface area contributed by atoms with Crippen LogP contribution in [0.25, 0.3) is 0 Å². The van der Waals surface area contributed by atoms with Crippen molar-refractivity contribution in [3.8, 4) is 0 Å². The molecule has 20 heavy (non-hydrogen) atoms. The smallest absolute Gasteiger partial charge is 0.0376 e. The number of hydrogen-bond acceptors (Lipinski definition) is 0. The third-order valence-electron chi connectivity index (χ3n) is 6.45. The van der Waals surface area contributed by atoms with Crippen molar-refractivity contribution in [2.24, 2.45) is 11.8 Å². The summed E-state index contributed by atoms with van der Waals surface area (Å²) in [6, 6.07) is 1.72. The summed E-state index contributed by atoms with van der Waals surface area (Å²) >= 11 is 0. The Labute approximate surface area is 132 Å². The molecule has 1 fully saturated rings. The molecule has 0 spiro atoms. The van der Waals surface area contributed by atoms with Gasteiger partial charge in [0.2, 0.25) is 0 Å². The number of rotatable bonds is 5. The molecule has 120 valence electrons. The monoisotopic (exact) mass is 344 g/mol. The van der Waals surface area contributed by atoms with Crippen LogP contribution in [0.1, 0.15) is 26.2 Å². The Balaban J connectivity index is 3.32. The Kier molecular flexibility index (Phi) is 5.50. The standard InChI is InChI=1S/C16H40Si4/c1-15-12-11-13-16(15)14-20(17(2,3)4,18(5,6)7)19(8,9)10/h15-16H,11-14H2,1-10H3/t15-,16-/m1/s1. The van der Waals surface area contributed by atoms with Crippen molar-refractivity contribution in [1.29, 1.82) is 0 Å². The molecule has 0 bridgehead atoms. The maximum atomic E-state index is 2.75. The van der Waals surface area contributed by atoms with Gasteiger partial charge in [-0.25, -0.2) is 0 Å². The lowest BCUT2D eigenvalue weighted by molar-refractivity contribution is 0.455. The lowest BCUT2D eigenvalue weighted by atomic mass is 10.0. The molecule has 0 unspecified atom stereocenters. The van der Waals surface area contributed by atoms with Gasteiger partial charge >= 0.3 is 0 Å². The van der Waals surface area contributed by atoms with Gasteiger partial charge in [0.05, 0.1) is 0 Å². The molecule has 1 rings (SSSR count). The molecular formula is C16H40Si4. The molecule has 1 aliphatic rings. The summed E-state index contributed by atoms with van der Waals surface area (Å²) in [6.45, 7) is 26.2. The van der Waals surface area contributed by atoms with Crippen LogP contribution in [-0.2, 0) is 0 Å². The highest BCUT2D eigenvalue weighted by Gasteiger charge is 2.61. The predicted molar refractivity (Wildman–Crippen MR) is 107 cm³/mol. The third kappa shape index (κ3) is 3.28. The van der Waals surface area contributed by atoms with Gasteiger partial charge in [0.25, 0.3) is 0 Å². The van der Waals surface area contributed by atoms with Crippen LogP contribution in [0, 0.1) is 11.8 Å². The second kappa shape index (κ2) is 5.82. The quantitative estimate of drug-likeness (QED) is 0.527. The summed E-state index contributed by atoms with van der Waals surface area (Å²) in [5, 5.41) is 0. The third-order valence-corrected chi connectivity index (χ3v) is 80.7. The van der Waals surface area contributed by atoms with E-state index in [2.05, 4.69) is 65.8 Å². The van der Waals surface area contributed by atoms with Crippen LogP contribution in [0.15, 0.2) is 0 Å². The Morgan fingerprint density at radius 3 is 1.35 bits per heavy atom. The molecule has 0 aromatic heterocycles. The molecule has 1 aliphatic carbocycles. The van der Waals surface area contributed by atoms with E-state index in [1.54, 1.807) is 12.5 Å².